The Morgan fingerprint density at radius 1 is 1.15 bits per heavy atom. The summed E-state index contributed by atoms with van der Waals surface area (Å²) >= 11 is 0. The van der Waals surface area contributed by atoms with E-state index in [0.29, 0.717) is 6.61 Å². The molecule has 72 valence electrons. The molecular formula is C9H10F2O2. The van der Waals surface area contributed by atoms with E-state index in [2.05, 4.69) is 4.74 Å². The van der Waals surface area contributed by atoms with Crippen LogP contribution in [0.3, 0.4) is 0 Å². The first-order chi connectivity index (χ1) is 6.20. The fraction of sp³-hybridized carbons (Fsp3) is 0.333. The Morgan fingerprint density at radius 3 is 2.23 bits per heavy atom. The van der Waals surface area contributed by atoms with Gasteiger partial charge >= 0.3 is 0 Å². The lowest BCUT2D eigenvalue weighted by Crippen LogP contribution is -1.98. The van der Waals surface area contributed by atoms with Crippen LogP contribution in [0.15, 0.2) is 12.1 Å². The van der Waals surface area contributed by atoms with Crippen molar-refractivity contribution in [3.63, 3.8) is 0 Å². The van der Waals surface area contributed by atoms with E-state index in [9.17, 15) is 8.78 Å². The number of hydrogen-bond donors (Lipinski definition) is 0. The fourth-order valence-electron chi connectivity index (χ4n) is 0.939. The third-order valence-electron chi connectivity index (χ3n) is 1.53. The quantitative estimate of drug-likeness (QED) is 0.725. The summed E-state index contributed by atoms with van der Waals surface area (Å²) in [6.45, 7) is 1.99. The number of hydrogen-bond acceptors (Lipinski definition) is 2. The highest BCUT2D eigenvalue weighted by Crippen LogP contribution is 2.26. The van der Waals surface area contributed by atoms with Crippen molar-refractivity contribution in [1.29, 1.82) is 0 Å². The highest BCUT2D eigenvalue weighted by atomic mass is 19.2. The predicted octanol–water partition coefficient (Wildman–Crippen LogP) is 2.37. The second-order valence-electron chi connectivity index (χ2n) is 2.33. The van der Waals surface area contributed by atoms with Gasteiger partial charge in [0.25, 0.3) is 0 Å². The van der Waals surface area contributed by atoms with E-state index in [4.69, 9.17) is 4.74 Å². The lowest BCUT2D eigenvalue weighted by atomic mass is 10.3. The molecule has 0 atom stereocenters. The Balaban J connectivity index is 3.07. The van der Waals surface area contributed by atoms with Gasteiger partial charge in [0.2, 0.25) is 11.6 Å². The lowest BCUT2D eigenvalue weighted by Gasteiger charge is -2.07. The molecule has 0 radical (unpaired) electrons. The van der Waals surface area contributed by atoms with Crippen molar-refractivity contribution in [2.45, 2.75) is 6.92 Å². The van der Waals surface area contributed by atoms with Gasteiger partial charge in [0, 0.05) is 0 Å². The van der Waals surface area contributed by atoms with Gasteiger partial charge in [0.15, 0.2) is 11.5 Å². The summed E-state index contributed by atoms with van der Waals surface area (Å²) in [7, 11) is 1.28. The van der Waals surface area contributed by atoms with E-state index in [0.717, 1.165) is 0 Å². The lowest BCUT2D eigenvalue weighted by molar-refractivity contribution is 0.306. The second-order valence-corrected chi connectivity index (χ2v) is 2.33. The van der Waals surface area contributed by atoms with Crippen LogP contribution < -0.4 is 9.47 Å². The molecule has 0 aromatic heterocycles. The normalized spacial score (nSPS) is 9.85. The third-order valence-corrected chi connectivity index (χ3v) is 1.53. The molecule has 0 amide bonds. The molecule has 4 heteroatoms. The van der Waals surface area contributed by atoms with E-state index < -0.39 is 11.6 Å². The molecule has 0 heterocycles. The van der Waals surface area contributed by atoms with Gasteiger partial charge in [0.05, 0.1) is 13.7 Å². The van der Waals surface area contributed by atoms with Crippen LogP contribution in [0.5, 0.6) is 11.5 Å². The predicted molar refractivity (Wildman–Crippen MR) is 44.1 cm³/mol. The highest BCUT2D eigenvalue weighted by molar-refractivity contribution is 5.34. The molecule has 0 N–H and O–H groups in total. The zero-order chi connectivity index (χ0) is 9.84. The van der Waals surface area contributed by atoms with Gasteiger partial charge in [-0.05, 0) is 19.1 Å². The third kappa shape index (κ3) is 1.88. The summed E-state index contributed by atoms with van der Waals surface area (Å²) in [5.74, 6) is -2.25. The maximum Gasteiger partial charge on any atom is 0.204 e. The number of halogens is 2. The first-order valence-electron chi connectivity index (χ1n) is 3.85. The monoisotopic (exact) mass is 188 g/mol. The zero-order valence-electron chi connectivity index (χ0n) is 7.43. The minimum absolute atomic E-state index is 0.0965. The topological polar surface area (TPSA) is 18.5 Å². The molecule has 1 aromatic carbocycles. The van der Waals surface area contributed by atoms with E-state index in [1.807, 2.05) is 0 Å². The summed E-state index contributed by atoms with van der Waals surface area (Å²) in [6.07, 6.45) is 0. The number of benzene rings is 1. The van der Waals surface area contributed by atoms with Crippen molar-refractivity contribution < 1.29 is 18.3 Å². The fourth-order valence-corrected chi connectivity index (χ4v) is 0.939. The second kappa shape index (κ2) is 4.07. The maximum absolute atomic E-state index is 13.1. The molecule has 13 heavy (non-hydrogen) atoms. The van der Waals surface area contributed by atoms with Crippen LogP contribution in [0.4, 0.5) is 8.78 Å². The average Bonchev–Trinajstić information content (AvgIpc) is 2.14. The molecule has 0 fully saturated rings. The largest absolute Gasteiger partial charge is 0.494 e. The Morgan fingerprint density at radius 2 is 1.69 bits per heavy atom. The zero-order valence-corrected chi connectivity index (χ0v) is 7.43. The standard InChI is InChI=1S/C9H10F2O2/c1-3-13-7-5-4-6(12-2)8(10)9(7)11/h4-5H,3H2,1-2H3. The molecule has 0 unspecified atom stereocenters. The first kappa shape index (κ1) is 9.77. The van der Waals surface area contributed by atoms with Crippen molar-refractivity contribution in [3.05, 3.63) is 23.8 Å². The van der Waals surface area contributed by atoms with Gasteiger partial charge in [0.1, 0.15) is 0 Å². The van der Waals surface area contributed by atoms with Crippen molar-refractivity contribution >= 4 is 0 Å². The van der Waals surface area contributed by atoms with Gasteiger partial charge in [-0.3, -0.25) is 0 Å². The number of methoxy groups -OCH3 is 1. The van der Waals surface area contributed by atoms with Crippen molar-refractivity contribution in [1.82, 2.24) is 0 Å². The smallest absolute Gasteiger partial charge is 0.204 e. The molecule has 0 spiro atoms. The van der Waals surface area contributed by atoms with E-state index in [-0.39, 0.29) is 11.5 Å². The van der Waals surface area contributed by atoms with Crippen molar-refractivity contribution in [2.75, 3.05) is 13.7 Å². The van der Waals surface area contributed by atoms with Gasteiger partial charge in [-0.2, -0.15) is 8.78 Å². The average molecular weight is 188 g/mol. The molecule has 1 rings (SSSR count). The van der Waals surface area contributed by atoms with Gasteiger partial charge in [-0.1, -0.05) is 0 Å². The number of rotatable bonds is 3. The highest BCUT2D eigenvalue weighted by Gasteiger charge is 2.14. The van der Waals surface area contributed by atoms with Crippen LogP contribution in [0.1, 0.15) is 6.92 Å². The van der Waals surface area contributed by atoms with Gasteiger partial charge in [-0.25, -0.2) is 0 Å². The van der Waals surface area contributed by atoms with Crippen molar-refractivity contribution in [3.8, 4) is 11.5 Å². The summed E-state index contributed by atoms with van der Waals surface area (Å²) in [6, 6.07) is 2.66. The van der Waals surface area contributed by atoms with Crippen LogP contribution in [-0.2, 0) is 0 Å². The molecular weight excluding hydrogens is 178 g/mol. The van der Waals surface area contributed by atoms with E-state index in [1.165, 1.54) is 19.2 Å². The number of ether oxygens (including phenoxy) is 2. The molecule has 0 saturated carbocycles. The molecule has 0 bridgehead atoms. The Kier molecular flexibility index (Phi) is 3.06. The summed E-state index contributed by atoms with van der Waals surface area (Å²) in [5.41, 5.74) is 0. The Bertz CT molecular complexity index is 300. The summed E-state index contributed by atoms with van der Waals surface area (Å²) in [4.78, 5) is 0. The summed E-state index contributed by atoms with van der Waals surface area (Å²) < 4.78 is 35.5. The Hall–Kier alpha value is -1.32. The van der Waals surface area contributed by atoms with E-state index in [1.54, 1.807) is 6.92 Å². The Labute approximate surface area is 75.1 Å². The molecule has 0 saturated heterocycles. The van der Waals surface area contributed by atoms with Gasteiger partial charge < -0.3 is 9.47 Å². The van der Waals surface area contributed by atoms with Crippen LogP contribution >= 0.6 is 0 Å². The van der Waals surface area contributed by atoms with Crippen molar-refractivity contribution in [2.24, 2.45) is 0 Å². The molecule has 0 aliphatic rings. The molecule has 0 aliphatic carbocycles. The van der Waals surface area contributed by atoms with Crippen LogP contribution in [0, 0.1) is 11.6 Å². The first-order valence-corrected chi connectivity index (χ1v) is 3.85. The van der Waals surface area contributed by atoms with Crippen LogP contribution in [-0.4, -0.2) is 13.7 Å². The molecule has 2 nitrogen and oxygen atoms in total. The minimum Gasteiger partial charge on any atom is -0.494 e. The minimum atomic E-state index is -1.02. The summed E-state index contributed by atoms with van der Waals surface area (Å²) in [5, 5.41) is 0. The van der Waals surface area contributed by atoms with E-state index >= 15 is 0 Å². The SMILES string of the molecule is CCOc1ccc(OC)c(F)c1F. The van der Waals surface area contributed by atoms with Crippen LogP contribution in [0.2, 0.25) is 0 Å². The maximum atomic E-state index is 13.1. The van der Waals surface area contributed by atoms with Crippen LogP contribution in [0.25, 0.3) is 0 Å². The molecule has 1 aromatic rings. The molecule has 0 aliphatic heterocycles. The van der Waals surface area contributed by atoms with Gasteiger partial charge in [-0.15, -0.1) is 0 Å².